The Morgan fingerprint density at radius 1 is 0.442 bits per heavy atom. The summed E-state index contributed by atoms with van der Waals surface area (Å²) in [7, 11) is 0. The maximum Gasteiger partial charge on any atom is 0.136 e. The predicted molar refractivity (Wildman–Crippen MR) is 219 cm³/mol. The quantitative estimate of drug-likeness (QED) is 0.176. The summed E-state index contributed by atoms with van der Waals surface area (Å²) in [6.07, 6.45) is 5.58. The zero-order chi connectivity index (χ0) is 34.4. The maximum atomic E-state index is 6.15. The van der Waals surface area contributed by atoms with Crippen LogP contribution in [0.3, 0.4) is 0 Å². The standard InChI is InChI=1S/C50H35NO/c1-2-9-34(10-3-1)36-17-24-43(25-18-36)51(45-28-21-35-11-4-5-12-40(35)33-45)44-26-19-37(20-27-44)38-13-8-14-39(31-38)41-22-29-46-42(32-41)23-30-49-50(46)47-15-6-7-16-48(47)52-49/h1-32,45H,33H2. The first kappa shape index (κ1) is 30.2. The van der Waals surface area contributed by atoms with E-state index in [4.69, 9.17) is 4.42 Å². The first-order valence-corrected chi connectivity index (χ1v) is 18.0. The summed E-state index contributed by atoms with van der Waals surface area (Å²) in [6, 6.07) is 65.9. The third-order valence-corrected chi connectivity index (χ3v) is 10.6. The highest BCUT2D eigenvalue weighted by atomic mass is 16.3. The van der Waals surface area contributed by atoms with Crippen LogP contribution < -0.4 is 4.90 Å². The number of anilines is 2. The molecule has 0 aliphatic heterocycles. The van der Waals surface area contributed by atoms with E-state index in [0.29, 0.717) is 0 Å². The minimum Gasteiger partial charge on any atom is -0.456 e. The average molecular weight is 666 g/mol. The van der Waals surface area contributed by atoms with Crippen LogP contribution in [0.15, 0.2) is 192 Å². The van der Waals surface area contributed by atoms with E-state index >= 15 is 0 Å². The van der Waals surface area contributed by atoms with Crippen LogP contribution in [0.5, 0.6) is 0 Å². The number of benzene rings is 8. The number of furan rings is 1. The molecule has 0 bridgehead atoms. The summed E-state index contributed by atoms with van der Waals surface area (Å²) >= 11 is 0. The molecule has 10 rings (SSSR count). The molecule has 0 spiro atoms. The van der Waals surface area contributed by atoms with Crippen LogP contribution in [-0.4, -0.2) is 6.04 Å². The fourth-order valence-electron chi connectivity index (χ4n) is 7.97. The summed E-state index contributed by atoms with van der Waals surface area (Å²) in [6.45, 7) is 0. The smallest absolute Gasteiger partial charge is 0.136 e. The van der Waals surface area contributed by atoms with Gasteiger partial charge in [0.25, 0.3) is 0 Å². The van der Waals surface area contributed by atoms with Gasteiger partial charge in [0.1, 0.15) is 11.2 Å². The number of hydrogen-bond donors (Lipinski definition) is 0. The number of hydrogen-bond acceptors (Lipinski definition) is 2. The van der Waals surface area contributed by atoms with Crippen LogP contribution in [0.2, 0.25) is 0 Å². The molecule has 52 heavy (non-hydrogen) atoms. The summed E-state index contributed by atoms with van der Waals surface area (Å²) in [5, 5.41) is 4.77. The molecule has 0 radical (unpaired) electrons. The van der Waals surface area contributed by atoms with E-state index in [1.165, 1.54) is 72.0 Å². The van der Waals surface area contributed by atoms with Gasteiger partial charge in [0, 0.05) is 22.1 Å². The van der Waals surface area contributed by atoms with Gasteiger partial charge in [-0.2, -0.15) is 0 Å². The van der Waals surface area contributed by atoms with Gasteiger partial charge in [-0.1, -0.05) is 146 Å². The normalized spacial score (nSPS) is 13.8. The van der Waals surface area contributed by atoms with Crippen molar-refractivity contribution in [3.8, 4) is 33.4 Å². The summed E-state index contributed by atoms with van der Waals surface area (Å²) < 4.78 is 6.15. The number of nitrogens with zero attached hydrogens (tertiary/aromatic N) is 1. The van der Waals surface area contributed by atoms with Crippen molar-refractivity contribution in [3.63, 3.8) is 0 Å². The van der Waals surface area contributed by atoms with Gasteiger partial charge in [-0.25, -0.2) is 0 Å². The summed E-state index contributed by atoms with van der Waals surface area (Å²) in [5.41, 5.74) is 14.1. The Hall–Kier alpha value is -6.64. The lowest BCUT2D eigenvalue weighted by Crippen LogP contribution is -2.32. The van der Waals surface area contributed by atoms with Crippen LogP contribution in [-0.2, 0) is 6.42 Å². The van der Waals surface area contributed by atoms with E-state index in [1.807, 2.05) is 12.1 Å². The lowest BCUT2D eigenvalue weighted by Gasteiger charge is -2.34. The van der Waals surface area contributed by atoms with Crippen LogP contribution in [0.1, 0.15) is 11.1 Å². The third kappa shape index (κ3) is 5.37. The number of rotatable bonds is 6. The second-order valence-electron chi connectivity index (χ2n) is 13.7. The van der Waals surface area contributed by atoms with Gasteiger partial charge < -0.3 is 9.32 Å². The van der Waals surface area contributed by atoms with Crippen molar-refractivity contribution in [2.75, 3.05) is 4.90 Å². The van der Waals surface area contributed by atoms with Crippen LogP contribution in [0.25, 0.3) is 72.2 Å². The molecule has 0 saturated carbocycles. The largest absolute Gasteiger partial charge is 0.456 e. The Morgan fingerprint density at radius 3 is 1.87 bits per heavy atom. The first-order valence-electron chi connectivity index (χ1n) is 18.0. The predicted octanol–water partition coefficient (Wildman–Crippen LogP) is 13.5. The van der Waals surface area contributed by atoms with Gasteiger partial charge in [-0.3, -0.25) is 0 Å². The maximum absolute atomic E-state index is 6.15. The van der Waals surface area contributed by atoms with E-state index in [1.54, 1.807) is 0 Å². The molecule has 1 atom stereocenters. The Kier molecular flexibility index (Phi) is 7.32. The molecule has 8 aromatic carbocycles. The lowest BCUT2D eigenvalue weighted by molar-refractivity contribution is 0.669. The van der Waals surface area contributed by atoms with Crippen molar-refractivity contribution >= 4 is 50.2 Å². The Labute approximate surface area is 303 Å². The fourth-order valence-corrected chi connectivity index (χ4v) is 7.97. The van der Waals surface area contributed by atoms with Gasteiger partial charge >= 0.3 is 0 Å². The molecule has 1 aromatic heterocycles. The highest BCUT2D eigenvalue weighted by Crippen LogP contribution is 2.38. The molecule has 1 heterocycles. The van der Waals surface area contributed by atoms with Crippen molar-refractivity contribution < 1.29 is 4.42 Å². The van der Waals surface area contributed by atoms with E-state index in [2.05, 4.69) is 187 Å². The van der Waals surface area contributed by atoms with Crippen LogP contribution in [0, 0.1) is 0 Å². The molecule has 1 unspecified atom stereocenters. The minimum atomic E-state index is 0.195. The zero-order valence-electron chi connectivity index (χ0n) is 28.6. The fraction of sp³-hybridized carbons (Fsp3) is 0.0400. The molecule has 1 aliphatic rings. The summed E-state index contributed by atoms with van der Waals surface area (Å²) in [4.78, 5) is 2.48. The molecule has 2 heteroatoms. The minimum absolute atomic E-state index is 0.195. The molecular weight excluding hydrogens is 631 g/mol. The number of fused-ring (bicyclic) bond motifs is 6. The number of para-hydroxylation sites is 1. The highest BCUT2D eigenvalue weighted by Gasteiger charge is 2.23. The van der Waals surface area contributed by atoms with Crippen molar-refractivity contribution in [2.45, 2.75) is 12.5 Å². The van der Waals surface area contributed by atoms with Crippen molar-refractivity contribution in [2.24, 2.45) is 0 Å². The van der Waals surface area contributed by atoms with E-state index in [9.17, 15) is 0 Å². The topological polar surface area (TPSA) is 16.4 Å². The van der Waals surface area contributed by atoms with Gasteiger partial charge in [0.05, 0.1) is 6.04 Å². The van der Waals surface area contributed by atoms with E-state index < -0.39 is 0 Å². The molecule has 2 nitrogen and oxygen atoms in total. The van der Waals surface area contributed by atoms with Crippen LogP contribution >= 0.6 is 0 Å². The van der Waals surface area contributed by atoms with E-state index in [0.717, 1.165) is 23.0 Å². The molecule has 0 amide bonds. The monoisotopic (exact) mass is 665 g/mol. The molecule has 9 aromatic rings. The Bertz CT molecular complexity index is 2750. The first-order chi connectivity index (χ1) is 25.7. The SMILES string of the molecule is C1=CC(N(c2ccc(-c3ccccc3)cc2)c2ccc(-c3cccc(-c4ccc5c(ccc6oc7ccccc7c65)c4)c3)cc2)Cc2ccccc21. The van der Waals surface area contributed by atoms with Crippen molar-refractivity contribution in [1.29, 1.82) is 0 Å². The highest BCUT2D eigenvalue weighted by molar-refractivity contribution is 6.19. The molecule has 0 saturated heterocycles. The third-order valence-electron chi connectivity index (χ3n) is 10.6. The molecular formula is C50H35NO. The Morgan fingerprint density at radius 2 is 1.06 bits per heavy atom. The van der Waals surface area contributed by atoms with Gasteiger partial charge in [0.2, 0.25) is 0 Å². The van der Waals surface area contributed by atoms with Gasteiger partial charge in [-0.05, 0) is 110 Å². The van der Waals surface area contributed by atoms with Gasteiger partial charge in [0.15, 0.2) is 0 Å². The molecule has 0 fully saturated rings. The Balaban J connectivity index is 0.981. The average Bonchev–Trinajstić information content (AvgIpc) is 3.61. The second-order valence-corrected chi connectivity index (χ2v) is 13.7. The molecule has 0 N–H and O–H groups in total. The van der Waals surface area contributed by atoms with Crippen molar-refractivity contribution in [3.05, 3.63) is 199 Å². The van der Waals surface area contributed by atoms with Crippen molar-refractivity contribution in [1.82, 2.24) is 0 Å². The molecule has 246 valence electrons. The van der Waals surface area contributed by atoms with Gasteiger partial charge in [-0.15, -0.1) is 0 Å². The lowest BCUT2D eigenvalue weighted by atomic mass is 9.92. The summed E-state index contributed by atoms with van der Waals surface area (Å²) in [5.74, 6) is 0. The molecule has 1 aliphatic carbocycles. The zero-order valence-corrected chi connectivity index (χ0v) is 28.6. The van der Waals surface area contributed by atoms with Crippen LogP contribution in [0.4, 0.5) is 11.4 Å². The second kappa shape index (κ2) is 12.6. The van der Waals surface area contributed by atoms with E-state index in [-0.39, 0.29) is 6.04 Å².